The molecule has 0 spiro atoms. The molecule has 1 aromatic carbocycles. The molecular weight excluding hydrogens is 262 g/mol. The third-order valence-electron chi connectivity index (χ3n) is 3.83. The zero-order valence-electron chi connectivity index (χ0n) is 12.0. The van der Waals surface area contributed by atoms with Crippen LogP contribution < -0.4 is 16.4 Å². The molecular formula is C16H21N5. The molecule has 5 heteroatoms. The fourth-order valence-corrected chi connectivity index (χ4v) is 2.56. The van der Waals surface area contributed by atoms with Crippen molar-refractivity contribution in [1.29, 1.82) is 0 Å². The molecule has 0 aliphatic carbocycles. The molecule has 5 nitrogen and oxygen atoms in total. The number of hydrogen-bond acceptors (Lipinski definition) is 5. The maximum absolute atomic E-state index is 5.88. The van der Waals surface area contributed by atoms with E-state index in [1.54, 1.807) is 6.20 Å². The highest BCUT2D eigenvalue weighted by Gasteiger charge is 2.11. The Kier molecular flexibility index (Phi) is 4.43. The van der Waals surface area contributed by atoms with Crippen LogP contribution in [0, 0.1) is 0 Å². The number of para-hydroxylation sites is 2. The minimum absolute atomic E-state index is 0.449. The summed E-state index contributed by atoms with van der Waals surface area (Å²) in [5.74, 6) is 0. The summed E-state index contributed by atoms with van der Waals surface area (Å²) in [6.45, 7) is 2.59. The Balaban J connectivity index is 1.79. The van der Waals surface area contributed by atoms with Crippen molar-refractivity contribution >= 4 is 16.6 Å². The van der Waals surface area contributed by atoms with Crippen LogP contribution in [0.5, 0.6) is 0 Å². The second kappa shape index (κ2) is 6.65. The van der Waals surface area contributed by atoms with Crippen LogP contribution in [0.3, 0.4) is 0 Å². The highest BCUT2D eigenvalue weighted by Crippen LogP contribution is 2.14. The number of hydrogen-bond donors (Lipinski definition) is 3. The number of aromatic nitrogens is 2. The average Bonchev–Trinajstić information content (AvgIpc) is 2.56. The molecule has 110 valence electrons. The maximum Gasteiger partial charge on any atom is 0.0894 e. The molecule has 0 atom stereocenters. The Hall–Kier alpha value is -1.98. The summed E-state index contributed by atoms with van der Waals surface area (Å²) < 4.78 is 0. The van der Waals surface area contributed by atoms with Crippen molar-refractivity contribution in [2.24, 2.45) is 5.73 Å². The molecule has 21 heavy (non-hydrogen) atoms. The van der Waals surface area contributed by atoms with Gasteiger partial charge in [-0.2, -0.15) is 0 Å². The van der Waals surface area contributed by atoms with Gasteiger partial charge in [-0.1, -0.05) is 12.1 Å². The molecule has 2 heterocycles. The molecule has 2 aromatic rings. The van der Waals surface area contributed by atoms with Crippen LogP contribution in [-0.4, -0.2) is 35.6 Å². The molecule has 0 amide bonds. The summed E-state index contributed by atoms with van der Waals surface area (Å²) in [6, 6.07) is 8.39. The first kappa shape index (κ1) is 14.0. The van der Waals surface area contributed by atoms with Gasteiger partial charge in [-0.25, -0.2) is 4.98 Å². The smallest absolute Gasteiger partial charge is 0.0894 e. The fourth-order valence-electron chi connectivity index (χ4n) is 2.56. The van der Waals surface area contributed by atoms with Crippen LogP contribution in [-0.2, 0) is 0 Å². The molecule has 0 radical (unpaired) electrons. The number of nitrogens with two attached hydrogens (primary N) is 1. The number of nitrogens with one attached hydrogen (secondary N) is 2. The lowest BCUT2D eigenvalue weighted by molar-refractivity contribution is 0.420. The van der Waals surface area contributed by atoms with Gasteiger partial charge in [-0.15, -0.1) is 0 Å². The highest BCUT2D eigenvalue weighted by molar-refractivity contribution is 5.76. The quantitative estimate of drug-likeness (QED) is 0.788. The topological polar surface area (TPSA) is 75.9 Å². The lowest BCUT2D eigenvalue weighted by Crippen LogP contribution is -2.37. The van der Waals surface area contributed by atoms with Crippen LogP contribution >= 0.6 is 0 Å². The van der Waals surface area contributed by atoms with Gasteiger partial charge in [0.1, 0.15) is 0 Å². The van der Waals surface area contributed by atoms with Crippen LogP contribution in [0.1, 0.15) is 18.5 Å². The van der Waals surface area contributed by atoms with E-state index in [0.29, 0.717) is 12.6 Å². The fraction of sp³-hybridized carbons (Fsp3) is 0.375. The van der Waals surface area contributed by atoms with Gasteiger partial charge in [-0.3, -0.25) is 4.98 Å². The Bertz CT molecular complexity index is 631. The number of piperidine rings is 1. The van der Waals surface area contributed by atoms with Crippen molar-refractivity contribution in [3.05, 3.63) is 42.4 Å². The summed E-state index contributed by atoms with van der Waals surface area (Å²) >= 11 is 0. The molecule has 1 aromatic heterocycles. The Labute approximate surface area is 124 Å². The third kappa shape index (κ3) is 3.37. The molecule has 1 saturated heterocycles. The molecule has 1 aliphatic heterocycles. The van der Waals surface area contributed by atoms with E-state index in [4.69, 9.17) is 5.73 Å². The molecule has 0 unspecified atom stereocenters. The van der Waals surface area contributed by atoms with Crippen molar-refractivity contribution in [2.75, 3.05) is 19.6 Å². The monoisotopic (exact) mass is 283 g/mol. The van der Waals surface area contributed by atoms with Gasteiger partial charge in [0.05, 0.1) is 22.9 Å². The van der Waals surface area contributed by atoms with Crippen LogP contribution in [0.2, 0.25) is 0 Å². The van der Waals surface area contributed by atoms with Crippen LogP contribution in [0.15, 0.2) is 36.7 Å². The van der Waals surface area contributed by atoms with Crippen LogP contribution in [0.25, 0.3) is 16.6 Å². The minimum Gasteiger partial charge on any atom is -0.388 e. The van der Waals surface area contributed by atoms with Gasteiger partial charge in [0.2, 0.25) is 0 Å². The normalized spacial score (nSPS) is 17.1. The number of rotatable bonds is 4. The summed E-state index contributed by atoms with van der Waals surface area (Å²) in [4.78, 5) is 9.10. The van der Waals surface area contributed by atoms with Crippen molar-refractivity contribution in [3.8, 4) is 0 Å². The maximum atomic E-state index is 5.88. The van der Waals surface area contributed by atoms with Gasteiger partial charge in [-0.05, 0) is 38.1 Å². The van der Waals surface area contributed by atoms with Gasteiger partial charge < -0.3 is 16.4 Å². The van der Waals surface area contributed by atoms with E-state index in [2.05, 4.69) is 20.6 Å². The lowest BCUT2D eigenvalue weighted by atomic mass is 10.1. The van der Waals surface area contributed by atoms with Crippen molar-refractivity contribution in [1.82, 2.24) is 20.6 Å². The SMILES string of the molecule is NC/C(=C\NC1CCNCC1)c1cnc2ccccc2n1. The van der Waals surface area contributed by atoms with E-state index in [9.17, 15) is 0 Å². The third-order valence-corrected chi connectivity index (χ3v) is 3.83. The van der Waals surface area contributed by atoms with Crippen molar-refractivity contribution in [2.45, 2.75) is 18.9 Å². The predicted octanol–water partition coefficient (Wildman–Crippen LogP) is 1.27. The summed E-state index contributed by atoms with van der Waals surface area (Å²) in [7, 11) is 0. The Morgan fingerprint density at radius 3 is 2.81 bits per heavy atom. The van der Waals surface area contributed by atoms with E-state index >= 15 is 0 Å². The van der Waals surface area contributed by atoms with E-state index < -0.39 is 0 Å². The largest absolute Gasteiger partial charge is 0.388 e. The van der Waals surface area contributed by atoms with E-state index in [-0.39, 0.29) is 0 Å². The first-order chi connectivity index (χ1) is 10.4. The molecule has 4 N–H and O–H groups in total. The first-order valence-electron chi connectivity index (χ1n) is 7.45. The number of nitrogens with zero attached hydrogens (tertiary/aromatic N) is 2. The standard InChI is InChI=1S/C16H21N5/c17-9-12(10-19-13-5-7-18-8-6-13)16-11-20-14-3-1-2-4-15(14)21-16/h1-4,10-11,13,18-19H,5-9,17H2/b12-10+. The van der Waals surface area contributed by atoms with Gasteiger partial charge in [0.15, 0.2) is 0 Å². The van der Waals surface area contributed by atoms with Gasteiger partial charge in [0, 0.05) is 24.4 Å². The summed E-state index contributed by atoms with van der Waals surface area (Å²) in [6.07, 6.45) is 6.08. The van der Waals surface area contributed by atoms with Crippen molar-refractivity contribution in [3.63, 3.8) is 0 Å². The molecule has 1 fully saturated rings. The summed E-state index contributed by atoms with van der Waals surface area (Å²) in [5, 5.41) is 6.83. The van der Waals surface area contributed by atoms with E-state index in [0.717, 1.165) is 48.2 Å². The zero-order valence-corrected chi connectivity index (χ0v) is 12.0. The Morgan fingerprint density at radius 1 is 1.29 bits per heavy atom. The van der Waals surface area contributed by atoms with Crippen LogP contribution in [0.4, 0.5) is 0 Å². The minimum atomic E-state index is 0.449. The second-order valence-corrected chi connectivity index (χ2v) is 5.31. The average molecular weight is 283 g/mol. The van der Waals surface area contributed by atoms with E-state index in [1.165, 1.54) is 0 Å². The van der Waals surface area contributed by atoms with Crippen molar-refractivity contribution < 1.29 is 0 Å². The highest BCUT2D eigenvalue weighted by atomic mass is 15.0. The lowest BCUT2D eigenvalue weighted by Gasteiger charge is -2.23. The molecule has 1 aliphatic rings. The molecule has 0 bridgehead atoms. The Morgan fingerprint density at radius 2 is 2.05 bits per heavy atom. The molecule has 0 saturated carbocycles. The van der Waals surface area contributed by atoms with E-state index in [1.807, 2.05) is 30.5 Å². The zero-order chi connectivity index (χ0) is 14.5. The number of fused-ring (bicyclic) bond motifs is 1. The van der Waals surface area contributed by atoms with Gasteiger partial charge >= 0.3 is 0 Å². The first-order valence-corrected chi connectivity index (χ1v) is 7.45. The summed E-state index contributed by atoms with van der Waals surface area (Å²) in [5.41, 5.74) is 9.52. The predicted molar refractivity (Wildman–Crippen MR) is 85.6 cm³/mol. The molecule has 3 rings (SSSR count). The number of benzene rings is 1. The second-order valence-electron chi connectivity index (χ2n) is 5.31. The van der Waals surface area contributed by atoms with Gasteiger partial charge in [0.25, 0.3) is 0 Å².